The number of carbonyl (C=O) groups excluding carboxylic acids is 2. The van der Waals surface area contributed by atoms with E-state index >= 15 is 0 Å². The predicted molar refractivity (Wildman–Crippen MR) is 106 cm³/mol. The van der Waals surface area contributed by atoms with Gasteiger partial charge in [-0.2, -0.15) is 0 Å². The second-order valence-corrected chi connectivity index (χ2v) is 6.64. The van der Waals surface area contributed by atoms with Gasteiger partial charge in [0.25, 0.3) is 0 Å². The molecule has 6 nitrogen and oxygen atoms in total. The Morgan fingerprint density at radius 1 is 1.11 bits per heavy atom. The molecule has 3 aromatic rings. The number of imidazole rings is 1. The zero-order valence-electron chi connectivity index (χ0n) is 15.9. The number of anilines is 1. The van der Waals surface area contributed by atoms with E-state index in [0.717, 1.165) is 17.5 Å². The quantitative estimate of drug-likeness (QED) is 0.653. The molecule has 28 heavy (non-hydrogen) atoms. The number of hydrogen-bond donors (Lipinski definition) is 2. The Bertz CT molecular complexity index is 982. The van der Waals surface area contributed by atoms with Crippen molar-refractivity contribution in [3.8, 4) is 0 Å². The van der Waals surface area contributed by atoms with Gasteiger partial charge in [-0.05, 0) is 49.7 Å². The number of aromatic nitrogens is 2. The number of nitrogens with zero attached hydrogens (tertiary/aromatic N) is 2. The van der Waals surface area contributed by atoms with Crippen LogP contribution in [0, 0.1) is 5.82 Å². The number of amides is 2. The van der Waals surface area contributed by atoms with E-state index in [2.05, 4.69) is 15.6 Å². The molecule has 0 saturated carbocycles. The van der Waals surface area contributed by atoms with Crippen LogP contribution in [0.15, 0.2) is 48.5 Å². The van der Waals surface area contributed by atoms with Crippen LogP contribution in [0.3, 0.4) is 0 Å². The molecule has 2 N–H and O–H groups in total. The fourth-order valence-electron chi connectivity index (χ4n) is 3.07. The van der Waals surface area contributed by atoms with Crippen molar-refractivity contribution in [2.24, 2.45) is 0 Å². The Kier molecular flexibility index (Phi) is 6.03. The summed E-state index contributed by atoms with van der Waals surface area (Å²) in [5.74, 6) is -0.0649. The van der Waals surface area contributed by atoms with Crippen molar-refractivity contribution in [1.29, 1.82) is 0 Å². The number of nitrogens with one attached hydrogen (secondary N) is 2. The normalized spacial score (nSPS) is 12.0. The molecule has 0 spiro atoms. The first-order valence-electron chi connectivity index (χ1n) is 9.28. The summed E-state index contributed by atoms with van der Waals surface area (Å²) in [6.07, 6.45) is 1.20. The predicted octanol–water partition coefficient (Wildman–Crippen LogP) is 3.79. The number of hydrogen-bond acceptors (Lipinski definition) is 3. The van der Waals surface area contributed by atoms with E-state index in [1.165, 1.54) is 24.3 Å². The third-order valence-corrected chi connectivity index (χ3v) is 4.36. The molecule has 0 aliphatic heterocycles. The van der Waals surface area contributed by atoms with Crippen LogP contribution in [0.1, 0.15) is 38.6 Å². The Hall–Kier alpha value is -3.22. The molecule has 0 bridgehead atoms. The van der Waals surface area contributed by atoms with Gasteiger partial charge in [0.1, 0.15) is 18.2 Å². The van der Waals surface area contributed by atoms with Gasteiger partial charge in [-0.1, -0.05) is 19.1 Å². The Labute approximate surface area is 162 Å². The van der Waals surface area contributed by atoms with Crippen molar-refractivity contribution in [2.45, 2.75) is 39.3 Å². The molecule has 1 atom stereocenters. The number of benzene rings is 2. The number of para-hydroxylation sites is 2. The molecule has 0 fully saturated rings. The van der Waals surface area contributed by atoms with Crippen molar-refractivity contribution in [3.05, 3.63) is 60.2 Å². The maximum Gasteiger partial charge on any atom is 0.244 e. The minimum atomic E-state index is -0.363. The molecule has 1 unspecified atom stereocenters. The van der Waals surface area contributed by atoms with Gasteiger partial charge in [0.15, 0.2) is 0 Å². The molecule has 2 aromatic carbocycles. The lowest BCUT2D eigenvalue weighted by Gasteiger charge is -2.16. The minimum Gasteiger partial charge on any atom is -0.346 e. The molecular formula is C21H23FN4O2. The van der Waals surface area contributed by atoms with Crippen LogP contribution >= 0.6 is 0 Å². The van der Waals surface area contributed by atoms with Crippen molar-refractivity contribution in [2.75, 3.05) is 5.32 Å². The van der Waals surface area contributed by atoms with Gasteiger partial charge < -0.3 is 15.2 Å². The number of rotatable bonds is 7. The molecule has 0 aliphatic carbocycles. The monoisotopic (exact) mass is 382 g/mol. The third-order valence-electron chi connectivity index (χ3n) is 4.36. The van der Waals surface area contributed by atoms with Crippen LogP contribution in [-0.4, -0.2) is 21.4 Å². The van der Waals surface area contributed by atoms with Gasteiger partial charge in [0, 0.05) is 12.1 Å². The summed E-state index contributed by atoms with van der Waals surface area (Å²) >= 11 is 0. The van der Waals surface area contributed by atoms with Crippen LogP contribution in [0.2, 0.25) is 0 Å². The second-order valence-electron chi connectivity index (χ2n) is 6.64. The first-order valence-corrected chi connectivity index (χ1v) is 9.28. The molecular weight excluding hydrogens is 359 g/mol. The van der Waals surface area contributed by atoms with Gasteiger partial charge >= 0.3 is 0 Å². The van der Waals surface area contributed by atoms with Crippen LogP contribution in [0.5, 0.6) is 0 Å². The summed E-state index contributed by atoms with van der Waals surface area (Å²) in [5, 5.41) is 5.69. The SMILES string of the molecule is CCCC(=O)NC(C)c1nc2ccccc2n1CC(=O)Nc1ccc(F)cc1. The fourth-order valence-corrected chi connectivity index (χ4v) is 3.07. The molecule has 146 valence electrons. The highest BCUT2D eigenvalue weighted by molar-refractivity contribution is 5.91. The Balaban J connectivity index is 1.84. The number of fused-ring (bicyclic) bond motifs is 1. The van der Waals surface area contributed by atoms with Gasteiger partial charge in [-0.25, -0.2) is 9.37 Å². The first kappa shape index (κ1) is 19.5. The summed E-state index contributed by atoms with van der Waals surface area (Å²) in [6, 6.07) is 12.8. The zero-order chi connectivity index (χ0) is 20.1. The summed E-state index contributed by atoms with van der Waals surface area (Å²) in [7, 11) is 0. The minimum absolute atomic E-state index is 0.0290. The maximum absolute atomic E-state index is 13.0. The highest BCUT2D eigenvalue weighted by Gasteiger charge is 2.19. The Morgan fingerprint density at radius 2 is 1.82 bits per heavy atom. The maximum atomic E-state index is 13.0. The summed E-state index contributed by atoms with van der Waals surface area (Å²) in [6.45, 7) is 3.82. The lowest BCUT2D eigenvalue weighted by Crippen LogP contribution is -2.29. The van der Waals surface area contributed by atoms with E-state index in [4.69, 9.17) is 0 Å². The lowest BCUT2D eigenvalue weighted by atomic mass is 10.2. The summed E-state index contributed by atoms with van der Waals surface area (Å²) < 4.78 is 14.8. The molecule has 0 saturated heterocycles. The molecule has 2 amide bonds. The van der Waals surface area contributed by atoms with E-state index in [1.54, 1.807) is 4.57 Å². The van der Waals surface area contributed by atoms with Crippen LogP contribution in [0.4, 0.5) is 10.1 Å². The van der Waals surface area contributed by atoms with E-state index < -0.39 is 0 Å². The average Bonchev–Trinajstić information content (AvgIpc) is 3.02. The summed E-state index contributed by atoms with van der Waals surface area (Å²) in [4.78, 5) is 29.2. The first-order chi connectivity index (χ1) is 13.5. The van der Waals surface area contributed by atoms with Gasteiger partial charge in [0.2, 0.25) is 11.8 Å². The largest absolute Gasteiger partial charge is 0.346 e. The molecule has 7 heteroatoms. The topological polar surface area (TPSA) is 76.0 Å². The summed E-state index contributed by atoms with van der Waals surface area (Å²) in [5.41, 5.74) is 2.08. The third kappa shape index (κ3) is 4.54. The molecule has 3 rings (SSSR count). The van der Waals surface area contributed by atoms with Crippen LogP contribution < -0.4 is 10.6 Å². The van der Waals surface area contributed by atoms with Gasteiger partial charge in [-0.15, -0.1) is 0 Å². The van der Waals surface area contributed by atoms with Gasteiger partial charge in [-0.3, -0.25) is 9.59 Å². The van der Waals surface area contributed by atoms with Crippen molar-refractivity contribution in [1.82, 2.24) is 14.9 Å². The van der Waals surface area contributed by atoms with Crippen molar-refractivity contribution < 1.29 is 14.0 Å². The second kappa shape index (κ2) is 8.65. The van der Waals surface area contributed by atoms with E-state index in [0.29, 0.717) is 17.9 Å². The van der Waals surface area contributed by atoms with E-state index in [1.807, 2.05) is 38.1 Å². The highest BCUT2D eigenvalue weighted by Crippen LogP contribution is 2.21. The molecule has 1 aromatic heterocycles. The fraction of sp³-hybridized carbons (Fsp3) is 0.286. The smallest absolute Gasteiger partial charge is 0.244 e. The lowest BCUT2D eigenvalue weighted by molar-refractivity contribution is -0.121. The van der Waals surface area contributed by atoms with E-state index in [9.17, 15) is 14.0 Å². The van der Waals surface area contributed by atoms with Gasteiger partial charge in [0.05, 0.1) is 17.1 Å². The number of halogens is 1. The van der Waals surface area contributed by atoms with Crippen molar-refractivity contribution >= 4 is 28.5 Å². The standard InChI is InChI=1S/C21H23FN4O2/c1-3-6-19(27)23-14(2)21-25-17-7-4-5-8-18(17)26(21)13-20(28)24-16-11-9-15(22)10-12-16/h4-5,7-12,14H,3,6,13H2,1-2H3,(H,23,27)(H,24,28). The van der Waals surface area contributed by atoms with Crippen LogP contribution in [-0.2, 0) is 16.1 Å². The van der Waals surface area contributed by atoms with Crippen molar-refractivity contribution in [3.63, 3.8) is 0 Å². The Morgan fingerprint density at radius 3 is 2.54 bits per heavy atom. The molecule has 0 radical (unpaired) electrons. The van der Waals surface area contributed by atoms with E-state index in [-0.39, 0.29) is 30.2 Å². The average molecular weight is 382 g/mol. The highest BCUT2D eigenvalue weighted by atomic mass is 19.1. The molecule has 1 heterocycles. The number of carbonyl (C=O) groups is 2. The molecule has 0 aliphatic rings. The zero-order valence-corrected chi connectivity index (χ0v) is 15.9. The van der Waals surface area contributed by atoms with Crippen LogP contribution in [0.25, 0.3) is 11.0 Å².